The maximum Gasteiger partial charge on any atom is 0.407 e. The number of methoxy groups -OCH3 is 1. The number of carbonyl (C=O) groups excluding carboxylic acids is 3. The summed E-state index contributed by atoms with van der Waals surface area (Å²) in [5.74, 6) is -1.18. The van der Waals surface area contributed by atoms with E-state index in [0.29, 0.717) is 11.8 Å². The Morgan fingerprint density at radius 2 is 1.79 bits per heavy atom. The third-order valence-corrected chi connectivity index (χ3v) is 6.41. The Kier molecular flexibility index (Phi) is 9.61. The summed E-state index contributed by atoms with van der Waals surface area (Å²) >= 11 is 6.33. The standard InChI is InChI=1S/C30H31ClN6O6/c1-30(2,3)43-29(41)32-13-12-22(17-8-6-5-7-9-17)34-25(38)18-10-11-21(31)23(15-18)35-26(39)20-14-19-16-33-28(42-4)37-24(19)36-27(20)40/h5-11,14-16,22H,12-13H2,1-4H3,(H,32,41)(H,34,38)(H,35,39)(H,33,36,37,40)/t22-/m1/s1. The van der Waals surface area contributed by atoms with E-state index in [1.807, 2.05) is 30.3 Å². The van der Waals surface area contributed by atoms with Crippen molar-refractivity contribution in [2.75, 3.05) is 19.0 Å². The van der Waals surface area contributed by atoms with Crippen LogP contribution in [0.2, 0.25) is 5.02 Å². The second-order valence-electron chi connectivity index (χ2n) is 10.5. The van der Waals surface area contributed by atoms with Crippen LogP contribution in [0, 0.1) is 0 Å². The molecule has 3 amide bonds. The zero-order valence-corrected chi connectivity index (χ0v) is 24.7. The summed E-state index contributed by atoms with van der Waals surface area (Å²) in [6, 6.07) is 14.7. The van der Waals surface area contributed by atoms with Gasteiger partial charge in [-0.15, -0.1) is 0 Å². The van der Waals surface area contributed by atoms with Crippen LogP contribution in [-0.2, 0) is 4.74 Å². The number of nitrogens with zero attached hydrogens (tertiary/aromatic N) is 2. The Bertz CT molecular complexity index is 1700. The molecular formula is C30H31ClN6O6. The number of rotatable bonds is 9. The number of amides is 3. The van der Waals surface area contributed by atoms with E-state index < -0.39 is 35.1 Å². The summed E-state index contributed by atoms with van der Waals surface area (Å²) < 4.78 is 10.2. The molecule has 0 aliphatic heterocycles. The van der Waals surface area contributed by atoms with Crippen molar-refractivity contribution in [2.24, 2.45) is 0 Å². The minimum absolute atomic E-state index is 0.0658. The number of hydrogen-bond acceptors (Lipinski definition) is 8. The van der Waals surface area contributed by atoms with Crippen molar-refractivity contribution < 1.29 is 23.9 Å². The number of alkyl carbamates (subject to hydrolysis) is 1. The van der Waals surface area contributed by atoms with Crippen LogP contribution in [0.15, 0.2) is 65.6 Å². The number of H-pyrrole nitrogens is 1. The first-order chi connectivity index (χ1) is 20.4. The van der Waals surface area contributed by atoms with Crippen molar-refractivity contribution in [1.82, 2.24) is 25.6 Å². The highest BCUT2D eigenvalue weighted by Crippen LogP contribution is 2.25. The van der Waals surface area contributed by atoms with E-state index in [1.54, 1.807) is 20.8 Å². The lowest BCUT2D eigenvalue weighted by Crippen LogP contribution is -2.35. The van der Waals surface area contributed by atoms with Crippen molar-refractivity contribution in [3.63, 3.8) is 0 Å². The van der Waals surface area contributed by atoms with E-state index in [0.717, 1.165) is 5.56 Å². The molecule has 0 radical (unpaired) electrons. The molecule has 2 heterocycles. The summed E-state index contributed by atoms with van der Waals surface area (Å²) in [5, 5.41) is 8.86. The summed E-state index contributed by atoms with van der Waals surface area (Å²) in [6.07, 6.45) is 1.24. The maximum atomic E-state index is 13.3. The van der Waals surface area contributed by atoms with Crippen LogP contribution in [0.1, 0.15) is 59.5 Å². The van der Waals surface area contributed by atoms with Crippen LogP contribution >= 0.6 is 11.6 Å². The number of pyridine rings is 1. The van der Waals surface area contributed by atoms with Gasteiger partial charge in [-0.2, -0.15) is 4.98 Å². The summed E-state index contributed by atoms with van der Waals surface area (Å²) in [6.45, 7) is 5.56. The van der Waals surface area contributed by atoms with Crippen molar-refractivity contribution in [3.05, 3.63) is 92.9 Å². The summed E-state index contributed by atoms with van der Waals surface area (Å²) in [5.41, 5.74) is -0.124. The van der Waals surface area contributed by atoms with E-state index in [-0.39, 0.29) is 40.0 Å². The number of ether oxygens (including phenoxy) is 2. The minimum atomic E-state index is -0.742. The van der Waals surface area contributed by atoms with Gasteiger partial charge < -0.3 is 30.4 Å². The molecule has 0 bridgehead atoms. The second kappa shape index (κ2) is 13.3. The average molecular weight is 607 g/mol. The third kappa shape index (κ3) is 8.29. The second-order valence-corrected chi connectivity index (χ2v) is 10.9. The number of nitrogens with one attached hydrogen (secondary N) is 4. The lowest BCUT2D eigenvalue weighted by atomic mass is 10.0. The van der Waals surface area contributed by atoms with Gasteiger partial charge in [0.15, 0.2) is 0 Å². The number of carbonyl (C=O) groups is 3. The Labute approximate surface area is 252 Å². The number of aromatic amines is 1. The number of aromatic nitrogens is 3. The maximum absolute atomic E-state index is 13.3. The summed E-state index contributed by atoms with van der Waals surface area (Å²) in [7, 11) is 1.39. The molecule has 4 rings (SSSR count). The molecule has 0 aliphatic rings. The Balaban J connectivity index is 1.49. The molecular weight excluding hydrogens is 576 g/mol. The average Bonchev–Trinajstić information content (AvgIpc) is 2.96. The molecule has 0 saturated carbocycles. The molecule has 13 heteroatoms. The number of benzene rings is 2. The largest absolute Gasteiger partial charge is 0.467 e. The van der Waals surface area contributed by atoms with Crippen LogP contribution in [0.25, 0.3) is 11.0 Å². The fourth-order valence-electron chi connectivity index (χ4n) is 4.08. The van der Waals surface area contributed by atoms with Crippen LogP contribution in [-0.4, -0.2) is 52.1 Å². The molecule has 224 valence electrons. The number of anilines is 1. The van der Waals surface area contributed by atoms with Gasteiger partial charge in [0.2, 0.25) is 0 Å². The minimum Gasteiger partial charge on any atom is -0.467 e. The van der Waals surface area contributed by atoms with Crippen LogP contribution in [0.3, 0.4) is 0 Å². The van der Waals surface area contributed by atoms with Crippen molar-refractivity contribution in [1.29, 1.82) is 0 Å². The van der Waals surface area contributed by atoms with Gasteiger partial charge in [0.1, 0.15) is 16.8 Å². The highest BCUT2D eigenvalue weighted by atomic mass is 35.5. The van der Waals surface area contributed by atoms with E-state index in [4.69, 9.17) is 21.1 Å². The van der Waals surface area contributed by atoms with E-state index in [9.17, 15) is 19.2 Å². The highest BCUT2D eigenvalue weighted by molar-refractivity contribution is 6.34. The molecule has 4 N–H and O–H groups in total. The quantitative estimate of drug-likeness (QED) is 0.214. The SMILES string of the molecule is COc1ncc2cc(C(=O)Nc3cc(C(=O)N[C@H](CCNC(=O)OC(C)(C)C)c4ccccc4)ccc3Cl)c(=O)[nH]c2n1. The number of fused-ring (bicyclic) bond motifs is 1. The topological polar surface area (TPSA) is 164 Å². The highest BCUT2D eigenvalue weighted by Gasteiger charge is 2.20. The fourth-order valence-corrected chi connectivity index (χ4v) is 4.24. The normalized spacial score (nSPS) is 11.8. The molecule has 0 fully saturated rings. The molecule has 0 aliphatic carbocycles. The molecule has 0 unspecified atom stereocenters. The lowest BCUT2D eigenvalue weighted by molar-refractivity contribution is 0.0526. The van der Waals surface area contributed by atoms with Crippen LogP contribution < -0.4 is 26.2 Å². The van der Waals surface area contributed by atoms with Gasteiger partial charge in [-0.25, -0.2) is 9.78 Å². The Hall–Kier alpha value is -4.97. The van der Waals surface area contributed by atoms with Gasteiger partial charge in [0.25, 0.3) is 17.4 Å². The van der Waals surface area contributed by atoms with E-state index in [2.05, 4.69) is 30.9 Å². The van der Waals surface area contributed by atoms with Gasteiger partial charge in [0, 0.05) is 23.7 Å². The molecule has 0 saturated heterocycles. The predicted molar refractivity (Wildman–Crippen MR) is 162 cm³/mol. The van der Waals surface area contributed by atoms with Crippen molar-refractivity contribution in [2.45, 2.75) is 38.8 Å². The van der Waals surface area contributed by atoms with E-state index >= 15 is 0 Å². The Morgan fingerprint density at radius 3 is 2.49 bits per heavy atom. The Morgan fingerprint density at radius 1 is 1.05 bits per heavy atom. The first kappa shape index (κ1) is 31.0. The number of hydrogen-bond donors (Lipinski definition) is 4. The first-order valence-corrected chi connectivity index (χ1v) is 13.7. The first-order valence-electron chi connectivity index (χ1n) is 13.3. The predicted octanol–water partition coefficient (Wildman–Crippen LogP) is 4.62. The molecule has 43 heavy (non-hydrogen) atoms. The van der Waals surface area contributed by atoms with Gasteiger partial charge >= 0.3 is 12.1 Å². The molecule has 1 atom stereocenters. The lowest BCUT2D eigenvalue weighted by Gasteiger charge is -2.22. The summed E-state index contributed by atoms with van der Waals surface area (Å²) in [4.78, 5) is 61.7. The van der Waals surface area contributed by atoms with Gasteiger partial charge in [-0.05, 0) is 57.0 Å². The fraction of sp³-hybridized carbons (Fsp3) is 0.267. The molecule has 12 nitrogen and oxygen atoms in total. The molecule has 2 aromatic heterocycles. The number of halogens is 1. The molecule has 2 aromatic carbocycles. The van der Waals surface area contributed by atoms with Crippen LogP contribution in [0.5, 0.6) is 6.01 Å². The van der Waals surface area contributed by atoms with Gasteiger partial charge in [0.05, 0.1) is 23.9 Å². The van der Waals surface area contributed by atoms with Gasteiger partial charge in [-0.1, -0.05) is 41.9 Å². The van der Waals surface area contributed by atoms with Crippen molar-refractivity contribution >= 4 is 46.2 Å². The monoisotopic (exact) mass is 606 g/mol. The third-order valence-electron chi connectivity index (χ3n) is 6.08. The molecule has 4 aromatic rings. The molecule has 0 spiro atoms. The van der Waals surface area contributed by atoms with Crippen molar-refractivity contribution in [3.8, 4) is 6.01 Å². The van der Waals surface area contributed by atoms with Crippen LogP contribution in [0.4, 0.5) is 10.5 Å². The van der Waals surface area contributed by atoms with E-state index in [1.165, 1.54) is 37.6 Å². The zero-order valence-electron chi connectivity index (χ0n) is 24.0. The zero-order chi connectivity index (χ0) is 31.1. The van der Waals surface area contributed by atoms with Gasteiger partial charge in [-0.3, -0.25) is 14.4 Å². The smallest absolute Gasteiger partial charge is 0.407 e.